The van der Waals surface area contributed by atoms with Crippen LogP contribution in [0.2, 0.25) is 0 Å². The van der Waals surface area contributed by atoms with Crippen LogP contribution >= 0.6 is 0 Å². The zero-order valence-corrected chi connectivity index (χ0v) is 12.3. The summed E-state index contributed by atoms with van der Waals surface area (Å²) < 4.78 is 2.60. The van der Waals surface area contributed by atoms with Crippen molar-refractivity contribution in [3.8, 4) is 0 Å². The standard InChI is InChI=1S/C14H19N5O2/c1-10-5-11(2)8-17(7-10)13(20)9-19-14(21)18-4-3-15-6-12(18)16-19/h3-4,6,10-11H,5,7-9H2,1-2H3. The van der Waals surface area contributed by atoms with E-state index in [4.69, 9.17) is 0 Å². The molecule has 1 fully saturated rings. The van der Waals surface area contributed by atoms with Crippen LogP contribution in [0.25, 0.3) is 5.65 Å². The monoisotopic (exact) mass is 289 g/mol. The fourth-order valence-electron chi connectivity index (χ4n) is 3.08. The summed E-state index contributed by atoms with van der Waals surface area (Å²) in [5.74, 6) is 0.950. The molecule has 1 saturated heterocycles. The molecule has 2 aromatic heterocycles. The lowest BCUT2D eigenvalue weighted by atomic mass is 9.92. The average molecular weight is 289 g/mol. The van der Waals surface area contributed by atoms with E-state index in [1.165, 1.54) is 21.5 Å². The second kappa shape index (κ2) is 5.31. The summed E-state index contributed by atoms with van der Waals surface area (Å²) in [7, 11) is 0. The van der Waals surface area contributed by atoms with Crippen LogP contribution in [0.3, 0.4) is 0 Å². The summed E-state index contributed by atoms with van der Waals surface area (Å²) in [4.78, 5) is 30.3. The maximum absolute atomic E-state index is 12.4. The van der Waals surface area contributed by atoms with Gasteiger partial charge < -0.3 is 4.90 Å². The molecule has 0 saturated carbocycles. The Bertz CT molecular complexity index is 709. The van der Waals surface area contributed by atoms with E-state index >= 15 is 0 Å². The van der Waals surface area contributed by atoms with Gasteiger partial charge in [-0.05, 0) is 18.3 Å². The highest BCUT2D eigenvalue weighted by Crippen LogP contribution is 2.20. The summed E-state index contributed by atoms with van der Waals surface area (Å²) in [6.45, 7) is 5.80. The molecule has 2 unspecified atom stereocenters. The molecule has 0 N–H and O–H groups in total. The Morgan fingerprint density at radius 3 is 2.71 bits per heavy atom. The van der Waals surface area contributed by atoms with E-state index in [9.17, 15) is 9.59 Å². The number of carbonyl (C=O) groups excluding carboxylic acids is 1. The van der Waals surface area contributed by atoms with Gasteiger partial charge in [0.1, 0.15) is 6.54 Å². The fraction of sp³-hybridized carbons (Fsp3) is 0.571. The molecule has 0 aliphatic carbocycles. The number of hydrogen-bond acceptors (Lipinski definition) is 4. The number of rotatable bonds is 2. The number of likely N-dealkylation sites (tertiary alicyclic amines) is 1. The van der Waals surface area contributed by atoms with Crippen molar-refractivity contribution in [1.82, 2.24) is 24.1 Å². The Balaban J connectivity index is 1.80. The van der Waals surface area contributed by atoms with Crippen LogP contribution in [0.5, 0.6) is 0 Å². The minimum absolute atomic E-state index is 0.0139. The Kier molecular flexibility index (Phi) is 3.48. The third-order valence-corrected chi connectivity index (χ3v) is 3.90. The van der Waals surface area contributed by atoms with Crippen molar-refractivity contribution in [3.05, 3.63) is 29.1 Å². The SMILES string of the molecule is CC1CC(C)CN(C(=O)Cn2nc3cnccn3c2=O)C1. The lowest BCUT2D eigenvalue weighted by Crippen LogP contribution is -2.45. The number of nitrogens with zero attached hydrogens (tertiary/aromatic N) is 5. The molecular formula is C14H19N5O2. The zero-order chi connectivity index (χ0) is 15.0. The van der Waals surface area contributed by atoms with E-state index in [-0.39, 0.29) is 18.1 Å². The van der Waals surface area contributed by atoms with Crippen LogP contribution in [0.15, 0.2) is 23.4 Å². The van der Waals surface area contributed by atoms with Crippen molar-refractivity contribution in [2.45, 2.75) is 26.8 Å². The van der Waals surface area contributed by atoms with Crippen molar-refractivity contribution in [1.29, 1.82) is 0 Å². The Hall–Kier alpha value is -2.18. The first kappa shape index (κ1) is 13.8. The van der Waals surface area contributed by atoms with Gasteiger partial charge in [0.25, 0.3) is 0 Å². The van der Waals surface area contributed by atoms with Crippen molar-refractivity contribution in [2.75, 3.05) is 13.1 Å². The molecule has 1 aliphatic rings. The molecule has 3 rings (SSSR count). The van der Waals surface area contributed by atoms with E-state index < -0.39 is 0 Å². The summed E-state index contributed by atoms with van der Waals surface area (Å²) >= 11 is 0. The van der Waals surface area contributed by atoms with Gasteiger partial charge in [-0.1, -0.05) is 13.8 Å². The van der Waals surface area contributed by atoms with Crippen molar-refractivity contribution in [3.63, 3.8) is 0 Å². The van der Waals surface area contributed by atoms with E-state index in [1.54, 1.807) is 6.20 Å². The quantitative estimate of drug-likeness (QED) is 0.802. The van der Waals surface area contributed by atoms with Crippen molar-refractivity contribution < 1.29 is 4.79 Å². The highest BCUT2D eigenvalue weighted by Gasteiger charge is 2.26. The van der Waals surface area contributed by atoms with Gasteiger partial charge in [-0.3, -0.25) is 9.78 Å². The molecule has 7 nitrogen and oxygen atoms in total. The van der Waals surface area contributed by atoms with Crippen LogP contribution < -0.4 is 5.69 Å². The third-order valence-electron chi connectivity index (χ3n) is 3.90. The van der Waals surface area contributed by atoms with Crippen molar-refractivity contribution in [2.24, 2.45) is 11.8 Å². The maximum Gasteiger partial charge on any atom is 0.350 e. The highest BCUT2D eigenvalue weighted by molar-refractivity contribution is 5.76. The molecule has 0 radical (unpaired) electrons. The van der Waals surface area contributed by atoms with Crippen LogP contribution in [-0.4, -0.2) is 43.1 Å². The molecule has 7 heteroatoms. The van der Waals surface area contributed by atoms with Gasteiger partial charge in [0.15, 0.2) is 5.65 Å². The number of hydrogen-bond donors (Lipinski definition) is 0. The predicted octanol–water partition coefficient (Wildman–Crippen LogP) is 0.395. The molecule has 2 aromatic rings. The average Bonchev–Trinajstić information content (AvgIpc) is 2.75. The first-order valence-electron chi connectivity index (χ1n) is 7.21. The lowest BCUT2D eigenvalue weighted by Gasteiger charge is -2.34. The zero-order valence-electron chi connectivity index (χ0n) is 12.3. The van der Waals surface area contributed by atoms with Gasteiger partial charge >= 0.3 is 5.69 Å². The van der Waals surface area contributed by atoms with E-state index in [0.29, 0.717) is 17.5 Å². The van der Waals surface area contributed by atoms with E-state index in [1.807, 2.05) is 4.90 Å². The number of aromatic nitrogens is 4. The number of carbonyl (C=O) groups is 1. The predicted molar refractivity (Wildman–Crippen MR) is 76.8 cm³/mol. The largest absolute Gasteiger partial charge is 0.350 e. The molecule has 2 atom stereocenters. The number of fused-ring (bicyclic) bond motifs is 1. The smallest absolute Gasteiger partial charge is 0.341 e. The fourth-order valence-corrected chi connectivity index (χ4v) is 3.08. The van der Waals surface area contributed by atoms with Crippen LogP contribution in [0, 0.1) is 11.8 Å². The van der Waals surface area contributed by atoms with Gasteiger partial charge in [0, 0.05) is 25.5 Å². The molecule has 1 aliphatic heterocycles. The summed E-state index contributed by atoms with van der Waals surface area (Å²) in [5.41, 5.74) is 0.148. The second-order valence-electron chi connectivity index (χ2n) is 5.99. The number of piperidine rings is 1. The van der Waals surface area contributed by atoms with Gasteiger partial charge in [0.2, 0.25) is 5.91 Å². The molecule has 3 heterocycles. The first-order valence-corrected chi connectivity index (χ1v) is 7.21. The maximum atomic E-state index is 12.4. The van der Waals surface area contributed by atoms with Gasteiger partial charge in [-0.15, -0.1) is 5.10 Å². The van der Waals surface area contributed by atoms with Gasteiger partial charge in [-0.25, -0.2) is 13.9 Å². The van der Waals surface area contributed by atoms with Gasteiger partial charge in [-0.2, -0.15) is 0 Å². The van der Waals surface area contributed by atoms with Crippen molar-refractivity contribution >= 4 is 11.6 Å². The van der Waals surface area contributed by atoms with Crippen LogP contribution in [-0.2, 0) is 11.3 Å². The molecule has 1 amide bonds. The Labute approximate surface area is 122 Å². The van der Waals surface area contributed by atoms with Gasteiger partial charge in [0.05, 0.1) is 6.20 Å². The minimum atomic E-state index is -0.307. The molecular weight excluding hydrogens is 270 g/mol. The highest BCUT2D eigenvalue weighted by atomic mass is 16.2. The van der Waals surface area contributed by atoms with Crippen LogP contribution in [0.1, 0.15) is 20.3 Å². The minimum Gasteiger partial charge on any atom is -0.341 e. The second-order valence-corrected chi connectivity index (χ2v) is 5.99. The molecule has 21 heavy (non-hydrogen) atoms. The number of amides is 1. The molecule has 112 valence electrons. The van der Waals surface area contributed by atoms with Crippen LogP contribution in [0.4, 0.5) is 0 Å². The summed E-state index contributed by atoms with van der Waals surface area (Å²) in [6, 6.07) is 0. The molecule has 0 spiro atoms. The summed E-state index contributed by atoms with van der Waals surface area (Å²) in [6.07, 6.45) is 5.73. The topological polar surface area (TPSA) is 72.5 Å². The first-order chi connectivity index (χ1) is 10.0. The summed E-state index contributed by atoms with van der Waals surface area (Å²) in [5, 5.41) is 4.14. The Morgan fingerprint density at radius 2 is 2.05 bits per heavy atom. The molecule has 0 bridgehead atoms. The Morgan fingerprint density at radius 1 is 1.33 bits per heavy atom. The lowest BCUT2D eigenvalue weighted by molar-refractivity contribution is -0.134. The van der Waals surface area contributed by atoms with E-state index in [0.717, 1.165) is 19.5 Å². The normalized spacial score (nSPS) is 22.7. The third kappa shape index (κ3) is 2.68. The molecule has 0 aromatic carbocycles. The van der Waals surface area contributed by atoms with E-state index in [2.05, 4.69) is 23.9 Å².